The number of aldehydes is 1. The Kier molecular flexibility index (Phi) is 24.6. The fourth-order valence-electron chi connectivity index (χ4n) is 5.46. The van der Waals surface area contributed by atoms with Crippen LogP contribution in [0.5, 0.6) is 0 Å². The van der Waals surface area contributed by atoms with E-state index in [-0.39, 0.29) is 42.4 Å². The van der Waals surface area contributed by atoms with Gasteiger partial charge < -0.3 is 26.1 Å². The second kappa shape index (κ2) is 25.2. The Hall–Kier alpha value is -3.19. The van der Waals surface area contributed by atoms with Crippen LogP contribution in [0.1, 0.15) is 106 Å². The van der Waals surface area contributed by atoms with Gasteiger partial charge in [-0.25, -0.2) is 4.79 Å². The highest BCUT2D eigenvalue weighted by atomic mass is 16.2. The summed E-state index contributed by atoms with van der Waals surface area (Å²) in [6.45, 7) is 16.8. The van der Waals surface area contributed by atoms with E-state index in [0.29, 0.717) is 12.3 Å². The molecule has 2 rings (SSSR count). The summed E-state index contributed by atoms with van der Waals surface area (Å²) in [5.74, 6) is 1.32. The highest BCUT2D eigenvalue weighted by Gasteiger charge is 2.37. The number of amides is 4. The van der Waals surface area contributed by atoms with Crippen LogP contribution in [0.15, 0.2) is 12.7 Å². The van der Waals surface area contributed by atoms with Crippen molar-refractivity contribution < 1.29 is 24.0 Å². The summed E-state index contributed by atoms with van der Waals surface area (Å²) in [7, 11) is 3.47. The number of nitrogens with one attached hydrogen (secondary N) is 4. The highest BCUT2D eigenvalue weighted by Crippen LogP contribution is 2.38. The van der Waals surface area contributed by atoms with Crippen molar-refractivity contribution in [2.24, 2.45) is 11.3 Å². The van der Waals surface area contributed by atoms with Crippen LogP contribution >= 0.6 is 0 Å². The maximum atomic E-state index is 12.6. The van der Waals surface area contributed by atoms with Gasteiger partial charge in [0.1, 0.15) is 6.29 Å². The molecule has 10 nitrogen and oxygen atoms in total. The molecule has 2 aliphatic rings. The lowest BCUT2D eigenvalue weighted by Crippen LogP contribution is -2.51. The number of likely N-dealkylation sites (N-methyl/N-ethyl adjacent to an activating group) is 1. The normalized spacial score (nSPS) is 19.6. The zero-order chi connectivity index (χ0) is 34.1. The maximum Gasteiger partial charge on any atom is 0.315 e. The minimum Gasteiger partial charge on any atom is -0.346 e. The Balaban J connectivity index is 0. The number of Topliss-reactive ketones (excluding diaryl/α,β-unsaturated/α-hetero) is 1. The van der Waals surface area contributed by atoms with Crippen molar-refractivity contribution in [1.82, 2.24) is 26.2 Å². The van der Waals surface area contributed by atoms with Crippen LogP contribution in [0.25, 0.3) is 0 Å². The van der Waals surface area contributed by atoms with E-state index in [1.165, 1.54) is 12.5 Å². The van der Waals surface area contributed by atoms with Gasteiger partial charge in [-0.15, -0.1) is 18.9 Å². The number of carbonyl (C=O) groups excluding carboxylic acids is 5. The lowest BCUT2D eigenvalue weighted by atomic mass is 9.71. The first-order valence-electron chi connectivity index (χ1n) is 16.4. The van der Waals surface area contributed by atoms with E-state index < -0.39 is 17.7 Å². The van der Waals surface area contributed by atoms with Crippen LogP contribution in [-0.4, -0.2) is 80.1 Å². The maximum absolute atomic E-state index is 12.6. The number of rotatable bonds is 13. The topological polar surface area (TPSA) is 137 Å². The SMILES string of the molecule is C#CCCC(NC(=O)C1C[C@@H](CCC)CN1C)C(=O)C(=O)NCC=C.CC.CC.CNC(=O)NC(C=O)C1(C)CCCCC1. The molecule has 1 saturated carbocycles. The van der Waals surface area contributed by atoms with Gasteiger partial charge in [-0.1, -0.05) is 73.3 Å². The third kappa shape index (κ3) is 15.5. The lowest BCUT2D eigenvalue weighted by molar-refractivity contribution is -0.140. The Morgan fingerprint density at radius 2 is 1.70 bits per heavy atom. The molecule has 2 fully saturated rings. The summed E-state index contributed by atoms with van der Waals surface area (Å²) in [6.07, 6.45) is 16.7. The molecule has 4 atom stereocenters. The number of carbonyl (C=O) groups is 5. The van der Waals surface area contributed by atoms with Crippen molar-refractivity contribution in [2.75, 3.05) is 27.2 Å². The number of hydrogen-bond acceptors (Lipinski definition) is 6. The molecule has 0 spiro atoms. The highest BCUT2D eigenvalue weighted by molar-refractivity contribution is 6.38. The summed E-state index contributed by atoms with van der Waals surface area (Å²) in [5.41, 5.74) is -0.0630. The van der Waals surface area contributed by atoms with E-state index in [2.05, 4.69) is 47.6 Å². The van der Waals surface area contributed by atoms with Crippen molar-refractivity contribution >= 4 is 29.9 Å². The summed E-state index contributed by atoms with van der Waals surface area (Å²) >= 11 is 0. The predicted octanol–water partition coefficient (Wildman–Crippen LogP) is 4.38. The Morgan fingerprint density at radius 3 is 2.20 bits per heavy atom. The fourth-order valence-corrected chi connectivity index (χ4v) is 5.46. The Labute approximate surface area is 267 Å². The molecule has 0 bridgehead atoms. The average Bonchev–Trinajstić information content (AvgIpc) is 3.42. The van der Waals surface area contributed by atoms with Crippen molar-refractivity contribution in [3.05, 3.63) is 12.7 Å². The van der Waals surface area contributed by atoms with Gasteiger partial charge >= 0.3 is 6.03 Å². The molecular weight excluding hydrogens is 558 g/mol. The molecule has 1 saturated heterocycles. The molecule has 1 aliphatic heterocycles. The first-order chi connectivity index (χ1) is 21.1. The zero-order valence-corrected chi connectivity index (χ0v) is 28.7. The van der Waals surface area contributed by atoms with Gasteiger partial charge in [-0.3, -0.25) is 19.3 Å². The third-order valence-corrected chi connectivity index (χ3v) is 7.87. The van der Waals surface area contributed by atoms with Crippen molar-refractivity contribution in [1.29, 1.82) is 0 Å². The van der Waals surface area contributed by atoms with Crippen molar-refractivity contribution in [2.45, 2.75) is 124 Å². The number of terminal acetylenes is 1. The minimum atomic E-state index is -0.896. The molecule has 252 valence electrons. The van der Waals surface area contributed by atoms with Crippen LogP contribution in [-0.2, 0) is 19.2 Å². The molecule has 1 aliphatic carbocycles. The van der Waals surface area contributed by atoms with E-state index in [1.807, 2.05) is 39.6 Å². The van der Waals surface area contributed by atoms with E-state index in [9.17, 15) is 24.0 Å². The van der Waals surface area contributed by atoms with Gasteiger partial charge in [-0.05, 0) is 50.5 Å². The standard InChI is InChI=1S/C19H29N3O3.C11H20N2O2.2C2H6/c1-5-8-10-15(17(23)19(25)20-11-7-3)21-18(24)16-12-14(9-6-2)13-22(16)4;1-11(6-4-3-5-7-11)9(8-14)13-10(15)12-2;2*1-2/h1,7,14-16H,3,6,8-13H2,2,4H3,(H,20,25)(H,21,24);8-9H,3-7H2,1-2H3,(H2,12,13,15);2*1-2H3/t14-,15?,16?;;;/m1.../s1. The number of likely N-dealkylation sites (tertiary alicyclic amines) is 1. The first kappa shape index (κ1) is 42.9. The third-order valence-electron chi connectivity index (χ3n) is 7.87. The Bertz CT molecular complexity index is 910. The second-order valence-corrected chi connectivity index (χ2v) is 11.1. The molecule has 0 aromatic carbocycles. The first-order valence-corrected chi connectivity index (χ1v) is 16.4. The zero-order valence-electron chi connectivity index (χ0n) is 28.7. The summed E-state index contributed by atoms with van der Waals surface area (Å²) in [5, 5.41) is 10.4. The monoisotopic (exact) mass is 619 g/mol. The van der Waals surface area contributed by atoms with Crippen LogP contribution in [0.3, 0.4) is 0 Å². The molecule has 3 unspecified atom stereocenters. The largest absolute Gasteiger partial charge is 0.346 e. The van der Waals surface area contributed by atoms with Crippen LogP contribution in [0, 0.1) is 23.7 Å². The molecule has 10 heteroatoms. The van der Waals surface area contributed by atoms with E-state index in [1.54, 1.807) is 7.05 Å². The lowest BCUT2D eigenvalue weighted by Gasteiger charge is -2.38. The van der Waals surface area contributed by atoms with Gasteiger partial charge in [-0.2, -0.15) is 0 Å². The second-order valence-electron chi connectivity index (χ2n) is 11.1. The van der Waals surface area contributed by atoms with Crippen LogP contribution in [0.4, 0.5) is 4.79 Å². The predicted molar refractivity (Wildman–Crippen MR) is 179 cm³/mol. The van der Waals surface area contributed by atoms with Crippen LogP contribution in [0.2, 0.25) is 0 Å². The van der Waals surface area contributed by atoms with Gasteiger partial charge in [0.25, 0.3) is 5.91 Å². The molecule has 44 heavy (non-hydrogen) atoms. The quantitative estimate of drug-likeness (QED) is 0.105. The summed E-state index contributed by atoms with van der Waals surface area (Å²) < 4.78 is 0. The minimum absolute atomic E-state index is 0.0630. The van der Waals surface area contributed by atoms with Gasteiger partial charge in [0.2, 0.25) is 11.7 Å². The fraction of sp³-hybridized carbons (Fsp3) is 0.735. The molecular formula is C34H61N5O5. The molecule has 1 heterocycles. The number of urea groups is 1. The van der Waals surface area contributed by atoms with Gasteiger partial charge in [0, 0.05) is 26.6 Å². The number of hydrogen-bond donors (Lipinski definition) is 4. The summed E-state index contributed by atoms with van der Waals surface area (Å²) in [6, 6.07) is -1.81. The van der Waals surface area contributed by atoms with Crippen LogP contribution < -0.4 is 21.3 Å². The van der Waals surface area contributed by atoms with Gasteiger partial charge in [0.05, 0.1) is 18.1 Å². The molecule has 0 aromatic rings. The van der Waals surface area contributed by atoms with E-state index >= 15 is 0 Å². The van der Waals surface area contributed by atoms with Crippen molar-refractivity contribution in [3.8, 4) is 12.3 Å². The average molecular weight is 620 g/mol. The smallest absolute Gasteiger partial charge is 0.315 e. The van der Waals surface area contributed by atoms with Crippen molar-refractivity contribution in [3.63, 3.8) is 0 Å². The molecule has 4 N–H and O–H groups in total. The number of nitrogens with zero attached hydrogens (tertiary/aromatic N) is 1. The van der Waals surface area contributed by atoms with Gasteiger partial charge in [0.15, 0.2) is 0 Å². The van der Waals surface area contributed by atoms with E-state index in [0.717, 1.165) is 57.8 Å². The number of ketones is 1. The van der Waals surface area contributed by atoms with E-state index in [4.69, 9.17) is 6.42 Å². The molecule has 4 amide bonds. The molecule has 0 aromatic heterocycles. The summed E-state index contributed by atoms with van der Waals surface area (Å²) in [4.78, 5) is 61.0. The molecule has 0 radical (unpaired) electrons. The Morgan fingerprint density at radius 1 is 1.09 bits per heavy atom.